The molecule has 0 unspecified atom stereocenters. The Bertz CT molecular complexity index is 851. The Morgan fingerprint density at radius 2 is 1.45 bits per heavy atom. The van der Waals surface area contributed by atoms with Crippen LogP contribution in [0, 0.1) is 0 Å². The molecule has 0 saturated heterocycles. The van der Waals surface area contributed by atoms with E-state index < -0.39 is 0 Å². The summed E-state index contributed by atoms with van der Waals surface area (Å²) in [5.41, 5.74) is 3.63. The summed E-state index contributed by atoms with van der Waals surface area (Å²) in [5, 5.41) is 0. The largest absolute Gasteiger partial charge is 0.0905 e. The summed E-state index contributed by atoms with van der Waals surface area (Å²) in [6, 6.07) is 25.5. The van der Waals surface area contributed by atoms with Crippen molar-refractivity contribution in [1.82, 2.24) is 0 Å². The Morgan fingerprint density at radius 3 is 2.32 bits per heavy atom. The first-order valence-corrected chi connectivity index (χ1v) is 8.79. The minimum atomic E-state index is 1.12. The van der Waals surface area contributed by atoms with E-state index in [2.05, 4.69) is 79.4 Å². The molecule has 0 N–H and O–H groups in total. The Hall–Kier alpha value is -1.90. The van der Waals surface area contributed by atoms with Gasteiger partial charge in [0.1, 0.15) is 0 Å². The van der Waals surface area contributed by atoms with Gasteiger partial charge >= 0.3 is 0 Å². The van der Waals surface area contributed by atoms with Crippen molar-refractivity contribution >= 4 is 29.1 Å². The number of benzene rings is 3. The van der Waals surface area contributed by atoms with Crippen LogP contribution in [0.5, 0.6) is 0 Å². The molecule has 0 aromatic heterocycles. The lowest BCUT2D eigenvalue weighted by Gasteiger charge is -2.23. The maximum atomic E-state index is 4.32. The maximum absolute atomic E-state index is 4.32. The highest BCUT2D eigenvalue weighted by Crippen LogP contribution is 2.49. The third-order valence-corrected chi connectivity index (χ3v) is 6.12. The first-order valence-electron chi connectivity index (χ1n) is 7.15. The molecule has 106 valence electrons. The zero-order valence-corrected chi connectivity index (χ0v) is 13.6. The van der Waals surface area contributed by atoms with Crippen molar-refractivity contribution in [2.45, 2.75) is 19.6 Å². The molecule has 1 aliphatic heterocycles. The van der Waals surface area contributed by atoms with Crippen LogP contribution in [0.25, 0.3) is 5.57 Å². The SMILES string of the molecule is C=C1c2ccccc2Sc2c(Sc3ccccc3)cccc21. The van der Waals surface area contributed by atoms with E-state index in [1.165, 1.54) is 30.7 Å². The first-order chi connectivity index (χ1) is 10.8. The zero-order valence-electron chi connectivity index (χ0n) is 12.0. The van der Waals surface area contributed by atoms with Gasteiger partial charge in [0.15, 0.2) is 0 Å². The van der Waals surface area contributed by atoms with Gasteiger partial charge < -0.3 is 0 Å². The van der Waals surface area contributed by atoms with E-state index >= 15 is 0 Å². The van der Waals surface area contributed by atoms with Crippen molar-refractivity contribution in [3.8, 4) is 0 Å². The number of rotatable bonds is 2. The summed E-state index contributed by atoms with van der Waals surface area (Å²) < 4.78 is 0. The Balaban J connectivity index is 1.79. The predicted octanol–water partition coefficient (Wildman–Crippen LogP) is 6.36. The average Bonchev–Trinajstić information content (AvgIpc) is 2.57. The highest BCUT2D eigenvalue weighted by molar-refractivity contribution is 8.02. The van der Waals surface area contributed by atoms with Crippen molar-refractivity contribution < 1.29 is 0 Å². The van der Waals surface area contributed by atoms with Crippen LogP contribution in [-0.2, 0) is 0 Å². The van der Waals surface area contributed by atoms with E-state index in [-0.39, 0.29) is 0 Å². The lowest BCUT2D eigenvalue weighted by atomic mass is 9.99. The van der Waals surface area contributed by atoms with Gasteiger partial charge in [0.05, 0.1) is 0 Å². The van der Waals surface area contributed by atoms with Crippen molar-refractivity contribution in [3.63, 3.8) is 0 Å². The first kappa shape index (κ1) is 13.7. The van der Waals surface area contributed by atoms with Gasteiger partial charge in [0.25, 0.3) is 0 Å². The van der Waals surface area contributed by atoms with Gasteiger partial charge in [-0.3, -0.25) is 0 Å². The molecule has 0 bridgehead atoms. The number of hydrogen-bond acceptors (Lipinski definition) is 2. The minimum absolute atomic E-state index is 1.12. The summed E-state index contributed by atoms with van der Waals surface area (Å²) >= 11 is 3.67. The maximum Gasteiger partial charge on any atom is 0.0340 e. The van der Waals surface area contributed by atoms with Crippen LogP contribution in [0.15, 0.2) is 99.0 Å². The highest BCUT2D eigenvalue weighted by atomic mass is 32.2. The second-order valence-corrected chi connectivity index (χ2v) is 7.29. The normalized spacial score (nSPS) is 12.6. The molecule has 0 amide bonds. The Labute approximate surface area is 139 Å². The molecule has 1 heterocycles. The van der Waals surface area contributed by atoms with Gasteiger partial charge in [0, 0.05) is 19.6 Å². The quantitative estimate of drug-likeness (QED) is 0.421. The van der Waals surface area contributed by atoms with Crippen LogP contribution in [0.2, 0.25) is 0 Å². The standard InChI is InChI=1S/C20H14S2/c1-14-16-10-5-6-12-18(16)22-20-17(14)11-7-13-19(20)21-15-8-3-2-4-9-15/h2-13H,1H2. The van der Waals surface area contributed by atoms with Gasteiger partial charge in [-0.15, -0.1) is 0 Å². The van der Waals surface area contributed by atoms with Crippen molar-refractivity contribution in [2.24, 2.45) is 0 Å². The van der Waals surface area contributed by atoms with Crippen molar-refractivity contribution in [2.75, 3.05) is 0 Å². The van der Waals surface area contributed by atoms with Gasteiger partial charge in [-0.25, -0.2) is 0 Å². The van der Waals surface area contributed by atoms with E-state index in [9.17, 15) is 0 Å². The summed E-state index contributed by atoms with van der Waals surface area (Å²) in [6.07, 6.45) is 0. The fourth-order valence-electron chi connectivity index (χ4n) is 2.61. The lowest BCUT2D eigenvalue weighted by molar-refractivity contribution is 1.18. The third-order valence-electron chi connectivity index (χ3n) is 3.70. The summed E-state index contributed by atoms with van der Waals surface area (Å²) in [6.45, 7) is 4.32. The zero-order chi connectivity index (χ0) is 14.9. The second-order valence-electron chi connectivity index (χ2n) is 5.12. The molecular weight excluding hydrogens is 304 g/mol. The summed E-state index contributed by atoms with van der Waals surface area (Å²) in [4.78, 5) is 5.17. The van der Waals surface area contributed by atoms with E-state index in [1.807, 2.05) is 23.5 Å². The molecule has 4 rings (SSSR count). The molecule has 0 aliphatic carbocycles. The van der Waals surface area contributed by atoms with Crippen molar-refractivity contribution in [3.05, 3.63) is 90.5 Å². The molecule has 0 saturated carbocycles. The second kappa shape index (κ2) is 5.71. The van der Waals surface area contributed by atoms with E-state index in [1.54, 1.807) is 0 Å². The van der Waals surface area contributed by atoms with Crippen molar-refractivity contribution in [1.29, 1.82) is 0 Å². The molecule has 22 heavy (non-hydrogen) atoms. The van der Waals surface area contributed by atoms with E-state index in [0.717, 1.165) is 5.57 Å². The topological polar surface area (TPSA) is 0 Å². The molecule has 1 aliphatic rings. The number of fused-ring (bicyclic) bond motifs is 2. The third kappa shape index (κ3) is 2.39. The molecule has 0 nitrogen and oxygen atoms in total. The molecule has 0 fully saturated rings. The molecule has 0 radical (unpaired) electrons. The predicted molar refractivity (Wildman–Crippen MR) is 95.7 cm³/mol. The minimum Gasteiger partial charge on any atom is -0.0905 e. The molecule has 0 spiro atoms. The van der Waals surface area contributed by atoms with E-state index in [4.69, 9.17) is 0 Å². The highest BCUT2D eigenvalue weighted by Gasteiger charge is 2.21. The van der Waals surface area contributed by atoms with Gasteiger partial charge in [-0.05, 0) is 41.0 Å². The Kier molecular flexibility index (Phi) is 3.57. The fraction of sp³-hybridized carbons (Fsp3) is 0. The van der Waals surface area contributed by atoms with E-state index in [0.29, 0.717) is 0 Å². The van der Waals surface area contributed by atoms with Crippen LogP contribution >= 0.6 is 23.5 Å². The molecule has 3 aromatic carbocycles. The molecule has 2 heteroatoms. The van der Waals surface area contributed by atoms with Gasteiger partial charge in [0.2, 0.25) is 0 Å². The summed E-state index contributed by atoms with van der Waals surface area (Å²) in [7, 11) is 0. The molecule has 0 atom stereocenters. The smallest absolute Gasteiger partial charge is 0.0340 e. The van der Waals surface area contributed by atoms with Crippen LogP contribution in [0.3, 0.4) is 0 Å². The van der Waals surface area contributed by atoms with Crippen LogP contribution in [-0.4, -0.2) is 0 Å². The lowest BCUT2D eigenvalue weighted by Crippen LogP contribution is -1.98. The monoisotopic (exact) mass is 318 g/mol. The van der Waals surface area contributed by atoms with Crippen LogP contribution < -0.4 is 0 Å². The Morgan fingerprint density at radius 1 is 0.727 bits per heavy atom. The summed E-state index contributed by atoms with van der Waals surface area (Å²) in [5.74, 6) is 0. The van der Waals surface area contributed by atoms with Crippen LogP contribution in [0.4, 0.5) is 0 Å². The fourth-order valence-corrected chi connectivity index (χ4v) is 4.90. The van der Waals surface area contributed by atoms with Gasteiger partial charge in [-0.1, -0.05) is 78.6 Å². The van der Waals surface area contributed by atoms with Gasteiger partial charge in [-0.2, -0.15) is 0 Å². The average molecular weight is 318 g/mol. The molecule has 3 aromatic rings. The molecular formula is C20H14S2. The van der Waals surface area contributed by atoms with Crippen LogP contribution in [0.1, 0.15) is 11.1 Å². The number of hydrogen-bond donors (Lipinski definition) is 0.